The number of carbonyl (C=O) groups is 1. The summed E-state index contributed by atoms with van der Waals surface area (Å²) in [6.45, 7) is 3.18. The molecule has 3 rings (SSSR count). The first-order valence-electron chi connectivity index (χ1n) is 7.66. The Morgan fingerprint density at radius 3 is 3.05 bits per heavy atom. The second kappa shape index (κ2) is 5.53. The fourth-order valence-electron chi connectivity index (χ4n) is 3.46. The van der Waals surface area contributed by atoms with E-state index in [1.807, 2.05) is 0 Å². The molecule has 21 heavy (non-hydrogen) atoms. The number of amides is 1. The molecule has 1 unspecified atom stereocenters. The molecule has 1 heterocycles. The molecule has 1 atom stereocenters. The van der Waals surface area contributed by atoms with Crippen LogP contribution in [0.3, 0.4) is 0 Å². The van der Waals surface area contributed by atoms with Gasteiger partial charge in [-0.2, -0.15) is 0 Å². The number of benzene rings is 1. The van der Waals surface area contributed by atoms with E-state index in [0.29, 0.717) is 13.1 Å². The number of carbonyl (C=O) groups excluding carboxylic acids is 1. The van der Waals surface area contributed by atoms with Crippen molar-refractivity contribution in [3.8, 4) is 0 Å². The first-order chi connectivity index (χ1) is 10.1. The van der Waals surface area contributed by atoms with E-state index in [1.165, 1.54) is 27.7 Å². The third kappa shape index (κ3) is 2.44. The van der Waals surface area contributed by atoms with E-state index in [4.69, 9.17) is 5.73 Å². The Morgan fingerprint density at radius 2 is 2.29 bits per heavy atom. The molecule has 0 fully saturated rings. The molecule has 1 aliphatic rings. The van der Waals surface area contributed by atoms with Gasteiger partial charge in [0.2, 0.25) is 5.91 Å². The van der Waals surface area contributed by atoms with Crippen LogP contribution >= 0.6 is 0 Å². The molecule has 0 saturated carbocycles. The molecule has 3 N–H and O–H groups in total. The predicted octanol–water partition coefficient (Wildman–Crippen LogP) is 1.67. The Hall–Kier alpha value is -1.81. The van der Waals surface area contributed by atoms with Crippen LogP contribution in [0, 0.1) is 12.8 Å². The number of nitrogens with one attached hydrogen (secondary N) is 1. The summed E-state index contributed by atoms with van der Waals surface area (Å²) in [5.41, 5.74) is 10.7. The molecule has 1 amide bonds. The molecule has 4 nitrogen and oxygen atoms in total. The Kier molecular flexibility index (Phi) is 3.72. The van der Waals surface area contributed by atoms with E-state index in [0.717, 1.165) is 19.3 Å². The lowest BCUT2D eigenvalue weighted by atomic mass is 9.85. The minimum Gasteiger partial charge on any atom is -0.355 e. The van der Waals surface area contributed by atoms with Crippen molar-refractivity contribution in [2.75, 3.05) is 13.1 Å². The number of fused-ring (bicyclic) bond motifs is 3. The normalized spacial score (nSPS) is 17.8. The summed E-state index contributed by atoms with van der Waals surface area (Å²) in [5, 5.41) is 4.24. The van der Waals surface area contributed by atoms with E-state index < -0.39 is 0 Å². The van der Waals surface area contributed by atoms with Gasteiger partial charge in [0.25, 0.3) is 0 Å². The van der Waals surface area contributed by atoms with E-state index in [1.54, 1.807) is 0 Å². The molecule has 0 saturated heterocycles. The van der Waals surface area contributed by atoms with Crippen molar-refractivity contribution in [3.63, 3.8) is 0 Å². The molecule has 112 valence electrons. The quantitative estimate of drug-likeness (QED) is 0.901. The molecule has 4 heteroatoms. The highest BCUT2D eigenvalue weighted by molar-refractivity contribution is 5.88. The third-order valence-electron chi connectivity index (χ3n) is 4.59. The molecule has 2 aromatic rings. The topological polar surface area (TPSA) is 60.0 Å². The van der Waals surface area contributed by atoms with Gasteiger partial charge in [-0.05, 0) is 43.9 Å². The van der Waals surface area contributed by atoms with Crippen molar-refractivity contribution < 1.29 is 4.79 Å². The highest BCUT2D eigenvalue weighted by atomic mass is 16.1. The van der Waals surface area contributed by atoms with Gasteiger partial charge in [0.1, 0.15) is 0 Å². The van der Waals surface area contributed by atoms with Gasteiger partial charge in [0, 0.05) is 42.7 Å². The molecular weight excluding hydrogens is 262 g/mol. The molecular formula is C17H23N3O. The Morgan fingerprint density at radius 1 is 1.48 bits per heavy atom. The molecule has 0 aliphatic heterocycles. The summed E-state index contributed by atoms with van der Waals surface area (Å²) in [6, 6.07) is 6.58. The SMILES string of the molecule is Cc1ccc2c(c1)c1c(n2C)CCC(C(=O)NCCN)C1. The zero-order chi connectivity index (χ0) is 15.0. The van der Waals surface area contributed by atoms with E-state index >= 15 is 0 Å². The fourth-order valence-corrected chi connectivity index (χ4v) is 3.46. The van der Waals surface area contributed by atoms with Gasteiger partial charge in [0.15, 0.2) is 0 Å². The molecule has 0 radical (unpaired) electrons. The summed E-state index contributed by atoms with van der Waals surface area (Å²) >= 11 is 0. The minimum atomic E-state index is 0.0789. The summed E-state index contributed by atoms with van der Waals surface area (Å²) < 4.78 is 2.29. The first-order valence-corrected chi connectivity index (χ1v) is 7.66. The van der Waals surface area contributed by atoms with Crippen LogP contribution < -0.4 is 11.1 Å². The van der Waals surface area contributed by atoms with Crippen molar-refractivity contribution >= 4 is 16.8 Å². The maximum absolute atomic E-state index is 12.2. The van der Waals surface area contributed by atoms with Gasteiger partial charge in [-0.1, -0.05) is 11.6 Å². The van der Waals surface area contributed by atoms with Crippen LogP contribution in [-0.4, -0.2) is 23.6 Å². The van der Waals surface area contributed by atoms with Crippen molar-refractivity contribution in [1.82, 2.24) is 9.88 Å². The van der Waals surface area contributed by atoms with E-state index in [9.17, 15) is 4.79 Å². The van der Waals surface area contributed by atoms with Gasteiger partial charge >= 0.3 is 0 Å². The summed E-state index contributed by atoms with van der Waals surface area (Å²) in [4.78, 5) is 12.2. The number of nitrogens with two attached hydrogens (primary N) is 1. The van der Waals surface area contributed by atoms with E-state index in [-0.39, 0.29) is 11.8 Å². The van der Waals surface area contributed by atoms with Gasteiger partial charge in [-0.15, -0.1) is 0 Å². The number of aromatic nitrogens is 1. The van der Waals surface area contributed by atoms with Crippen molar-refractivity contribution in [2.45, 2.75) is 26.2 Å². The second-order valence-corrected chi connectivity index (χ2v) is 6.02. The zero-order valence-electron chi connectivity index (χ0n) is 12.8. The van der Waals surface area contributed by atoms with Crippen LogP contribution in [0.2, 0.25) is 0 Å². The third-order valence-corrected chi connectivity index (χ3v) is 4.59. The average Bonchev–Trinajstić information content (AvgIpc) is 2.77. The van der Waals surface area contributed by atoms with Crippen LogP contribution in [-0.2, 0) is 24.7 Å². The lowest BCUT2D eigenvalue weighted by molar-refractivity contribution is -0.125. The lowest BCUT2D eigenvalue weighted by Gasteiger charge is -2.22. The largest absolute Gasteiger partial charge is 0.355 e. The predicted molar refractivity (Wildman–Crippen MR) is 85.2 cm³/mol. The zero-order valence-corrected chi connectivity index (χ0v) is 12.8. The van der Waals surface area contributed by atoms with Crippen LogP contribution in [0.25, 0.3) is 10.9 Å². The van der Waals surface area contributed by atoms with Gasteiger partial charge in [-0.25, -0.2) is 0 Å². The van der Waals surface area contributed by atoms with Gasteiger partial charge < -0.3 is 15.6 Å². The summed E-state index contributed by atoms with van der Waals surface area (Å²) in [7, 11) is 2.13. The van der Waals surface area contributed by atoms with Crippen molar-refractivity contribution in [1.29, 1.82) is 0 Å². The number of rotatable bonds is 3. The minimum absolute atomic E-state index is 0.0789. The summed E-state index contributed by atoms with van der Waals surface area (Å²) in [5.74, 6) is 0.228. The van der Waals surface area contributed by atoms with Gasteiger partial charge in [0.05, 0.1) is 0 Å². The molecule has 0 spiro atoms. The van der Waals surface area contributed by atoms with Crippen LogP contribution in [0.15, 0.2) is 18.2 Å². The smallest absolute Gasteiger partial charge is 0.223 e. The summed E-state index contributed by atoms with van der Waals surface area (Å²) in [6.07, 6.45) is 2.74. The molecule has 1 aromatic carbocycles. The maximum atomic E-state index is 12.2. The highest BCUT2D eigenvalue weighted by Gasteiger charge is 2.28. The van der Waals surface area contributed by atoms with Crippen LogP contribution in [0.5, 0.6) is 0 Å². The highest BCUT2D eigenvalue weighted by Crippen LogP contribution is 2.34. The van der Waals surface area contributed by atoms with Crippen molar-refractivity contribution in [3.05, 3.63) is 35.0 Å². The number of hydrogen-bond acceptors (Lipinski definition) is 2. The van der Waals surface area contributed by atoms with Gasteiger partial charge in [-0.3, -0.25) is 4.79 Å². The number of nitrogens with zero attached hydrogens (tertiary/aromatic N) is 1. The standard InChI is InChI=1S/C17H23N3O/c1-11-3-5-15-13(9-11)14-10-12(17(21)19-8-7-18)4-6-16(14)20(15)2/h3,5,9,12H,4,6-8,10,18H2,1-2H3,(H,19,21). The Balaban J connectivity index is 1.95. The van der Waals surface area contributed by atoms with Crippen LogP contribution in [0.4, 0.5) is 0 Å². The number of hydrogen-bond donors (Lipinski definition) is 2. The lowest BCUT2D eigenvalue weighted by Crippen LogP contribution is -2.36. The van der Waals surface area contributed by atoms with Crippen molar-refractivity contribution in [2.24, 2.45) is 18.7 Å². The van der Waals surface area contributed by atoms with E-state index in [2.05, 4.69) is 42.1 Å². The molecule has 0 bridgehead atoms. The molecule has 1 aliphatic carbocycles. The first kappa shape index (κ1) is 14.1. The second-order valence-electron chi connectivity index (χ2n) is 6.02. The van der Waals surface area contributed by atoms with Crippen LogP contribution in [0.1, 0.15) is 23.2 Å². The number of aryl methyl sites for hydroxylation is 2. The Labute approximate surface area is 125 Å². The Bertz CT molecular complexity index is 687. The fraction of sp³-hybridized carbons (Fsp3) is 0.471. The maximum Gasteiger partial charge on any atom is 0.223 e. The molecule has 1 aromatic heterocycles. The average molecular weight is 285 g/mol. The monoisotopic (exact) mass is 285 g/mol.